The predicted octanol–water partition coefficient (Wildman–Crippen LogP) is 4.08. The van der Waals surface area contributed by atoms with Crippen LogP contribution in [0.15, 0.2) is 12.1 Å². The molecule has 0 saturated carbocycles. The first kappa shape index (κ1) is 23.9. The van der Waals surface area contributed by atoms with Crippen molar-refractivity contribution in [3.63, 3.8) is 0 Å². The molecule has 2 aromatic rings. The van der Waals surface area contributed by atoms with Crippen molar-refractivity contribution in [3.8, 4) is 34.5 Å². The SMILES string of the molecule is CCCC(=O)c1c(O)cc(OC)c(Cc2c(OC)cc(O)c(C(=O)CCC)c2O)c1O. The standard InChI is InChI=1S/C23H28O8/c1-5-7-14(24)20-16(26)10-18(30-3)12(22(20)28)9-13-19(31-4)11-17(27)21(23(13)29)15(25)8-6-2/h10-11,26-29H,5-9H2,1-4H3. The van der Waals surface area contributed by atoms with Gasteiger partial charge in [-0.1, -0.05) is 13.8 Å². The zero-order valence-electron chi connectivity index (χ0n) is 18.1. The van der Waals surface area contributed by atoms with Crippen molar-refractivity contribution in [2.24, 2.45) is 0 Å². The van der Waals surface area contributed by atoms with Crippen molar-refractivity contribution in [2.75, 3.05) is 14.2 Å². The number of aromatic hydroxyl groups is 4. The van der Waals surface area contributed by atoms with Crippen molar-refractivity contribution < 1.29 is 39.5 Å². The van der Waals surface area contributed by atoms with Crippen molar-refractivity contribution in [1.82, 2.24) is 0 Å². The van der Waals surface area contributed by atoms with E-state index in [0.717, 1.165) is 0 Å². The molecule has 0 aliphatic rings. The number of ether oxygens (including phenoxy) is 2. The van der Waals surface area contributed by atoms with Crippen LogP contribution in [0.5, 0.6) is 34.5 Å². The van der Waals surface area contributed by atoms with Crippen LogP contribution in [0.25, 0.3) is 0 Å². The second kappa shape index (κ2) is 10.1. The quantitative estimate of drug-likeness (QED) is 0.413. The van der Waals surface area contributed by atoms with Gasteiger partial charge in [0.1, 0.15) is 45.6 Å². The molecule has 0 atom stereocenters. The molecule has 168 valence electrons. The van der Waals surface area contributed by atoms with Crippen LogP contribution in [0, 0.1) is 0 Å². The molecule has 0 aliphatic carbocycles. The van der Waals surface area contributed by atoms with E-state index in [4.69, 9.17) is 9.47 Å². The number of ketones is 2. The van der Waals surface area contributed by atoms with Gasteiger partial charge >= 0.3 is 0 Å². The summed E-state index contributed by atoms with van der Waals surface area (Å²) < 4.78 is 10.5. The summed E-state index contributed by atoms with van der Waals surface area (Å²) >= 11 is 0. The summed E-state index contributed by atoms with van der Waals surface area (Å²) in [5.74, 6) is -2.52. The second-order valence-corrected chi connectivity index (χ2v) is 7.12. The fraction of sp³-hybridized carbons (Fsp3) is 0.391. The summed E-state index contributed by atoms with van der Waals surface area (Å²) in [6, 6.07) is 2.43. The fourth-order valence-corrected chi connectivity index (χ4v) is 3.48. The Morgan fingerprint density at radius 3 is 1.39 bits per heavy atom. The molecule has 4 N–H and O–H groups in total. The van der Waals surface area contributed by atoms with E-state index in [1.54, 1.807) is 13.8 Å². The Morgan fingerprint density at radius 2 is 1.10 bits per heavy atom. The van der Waals surface area contributed by atoms with Gasteiger partial charge in [-0.3, -0.25) is 9.59 Å². The zero-order chi connectivity index (χ0) is 23.3. The molecule has 0 bridgehead atoms. The predicted molar refractivity (Wildman–Crippen MR) is 114 cm³/mol. The van der Waals surface area contributed by atoms with Crippen LogP contribution in [-0.4, -0.2) is 46.2 Å². The van der Waals surface area contributed by atoms with E-state index < -0.39 is 34.6 Å². The van der Waals surface area contributed by atoms with Crippen LogP contribution >= 0.6 is 0 Å². The maximum Gasteiger partial charge on any atom is 0.170 e. The Morgan fingerprint density at radius 1 is 0.742 bits per heavy atom. The molecule has 0 fully saturated rings. The van der Waals surface area contributed by atoms with E-state index >= 15 is 0 Å². The highest BCUT2D eigenvalue weighted by Gasteiger charge is 2.27. The van der Waals surface area contributed by atoms with E-state index in [2.05, 4.69) is 0 Å². The van der Waals surface area contributed by atoms with Gasteiger partial charge in [0.15, 0.2) is 11.6 Å². The normalized spacial score (nSPS) is 10.7. The number of Topliss-reactive ketones (excluding diaryl/α,β-unsaturated/α-hetero) is 2. The number of hydrogen-bond acceptors (Lipinski definition) is 8. The molecule has 8 nitrogen and oxygen atoms in total. The highest BCUT2D eigenvalue weighted by Crippen LogP contribution is 2.45. The van der Waals surface area contributed by atoms with Crippen LogP contribution in [0.3, 0.4) is 0 Å². The topological polar surface area (TPSA) is 134 Å². The summed E-state index contributed by atoms with van der Waals surface area (Å²) in [6.07, 6.45) is 1.10. The lowest BCUT2D eigenvalue weighted by Gasteiger charge is -2.19. The van der Waals surface area contributed by atoms with Crippen LogP contribution in [0.2, 0.25) is 0 Å². The van der Waals surface area contributed by atoms with Crippen LogP contribution in [-0.2, 0) is 6.42 Å². The maximum atomic E-state index is 12.4. The van der Waals surface area contributed by atoms with Crippen molar-refractivity contribution >= 4 is 11.6 Å². The number of benzene rings is 2. The van der Waals surface area contributed by atoms with Crippen LogP contribution in [0.1, 0.15) is 71.4 Å². The van der Waals surface area contributed by atoms with Gasteiger partial charge < -0.3 is 29.9 Å². The van der Waals surface area contributed by atoms with Gasteiger partial charge in [0.2, 0.25) is 0 Å². The van der Waals surface area contributed by atoms with Crippen LogP contribution < -0.4 is 9.47 Å². The minimum Gasteiger partial charge on any atom is -0.507 e. The molecular formula is C23H28O8. The average molecular weight is 432 g/mol. The third-order valence-corrected chi connectivity index (χ3v) is 4.99. The molecular weight excluding hydrogens is 404 g/mol. The lowest BCUT2D eigenvalue weighted by Crippen LogP contribution is -2.06. The van der Waals surface area contributed by atoms with Gasteiger partial charge in [-0.2, -0.15) is 0 Å². The van der Waals surface area contributed by atoms with Crippen LogP contribution in [0.4, 0.5) is 0 Å². The van der Waals surface area contributed by atoms with E-state index in [0.29, 0.717) is 12.8 Å². The Balaban J connectivity index is 2.72. The maximum absolute atomic E-state index is 12.4. The molecule has 2 aromatic carbocycles. The van der Waals surface area contributed by atoms with Gasteiger partial charge in [-0.05, 0) is 12.8 Å². The first-order valence-electron chi connectivity index (χ1n) is 10.0. The Hall–Kier alpha value is -3.42. The Labute approximate surface area is 180 Å². The number of hydrogen-bond donors (Lipinski definition) is 4. The van der Waals surface area contributed by atoms with E-state index in [9.17, 15) is 30.0 Å². The highest BCUT2D eigenvalue weighted by atomic mass is 16.5. The fourth-order valence-electron chi connectivity index (χ4n) is 3.48. The molecule has 31 heavy (non-hydrogen) atoms. The summed E-state index contributed by atoms with van der Waals surface area (Å²) in [6.45, 7) is 3.59. The summed E-state index contributed by atoms with van der Waals surface area (Å²) in [4.78, 5) is 24.9. The van der Waals surface area contributed by atoms with E-state index in [1.165, 1.54) is 26.4 Å². The average Bonchev–Trinajstić information content (AvgIpc) is 2.71. The molecule has 0 radical (unpaired) electrons. The van der Waals surface area contributed by atoms with Gasteiger partial charge in [-0.25, -0.2) is 0 Å². The van der Waals surface area contributed by atoms with Gasteiger partial charge in [0.05, 0.1) is 14.2 Å². The number of phenols is 4. The number of methoxy groups -OCH3 is 2. The van der Waals surface area contributed by atoms with Gasteiger partial charge in [-0.15, -0.1) is 0 Å². The summed E-state index contributed by atoms with van der Waals surface area (Å²) in [5.41, 5.74) is -0.241. The molecule has 8 heteroatoms. The van der Waals surface area contributed by atoms with Crippen molar-refractivity contribution in [1.29, 1.82) is 0 Å². The molecule has 0 saturated heterocycles. The largest absolute Gasteiger partial charge is 0.507 e. The summed E-state index contributed by atoms with van der Waals surface area (Å²) in [5, 5.41) is 42.1. The summed E-state index contributed by atoms with van der Waals surface area (Å²) in [7, 11) is 2.66. The number of carbonyl (C=O) groups excluding carboxylic acids is 2. The second-order valence-electron chi connectivity index (χ2n) is 7.12. The first-order valence-corrected chi connectivity index (χ1v) is 10.0. The molecule has 0 aromatic heterocycles. The highest BCUT2D eigenvalue weighted by molar-refractivity contribution is 6.03. The van der Waals surface area contributed by atoms with Crippen molar-refractivity contribution in [3.05, 3.63) is 34.4 Å². The molecule has 0 heterocycles. The van der Waals surface area contributed by atoms with Crippen molar-refractivity contribution in [2.45, 2.75) is 46.0 Å². The third kappa shape index (κ3) is 4.68. The molecule has 0 unspecified atom stereocenters. The zero-order valence-corrected chi connectivity index (χ0v) is 18.1. The first-order chi connectivity index (χ1) is 14.7. The molecule has 2 rings (SSSR count). The third-order valence-electron chi connectivity index (χ3n) is 4.99. The molecule has 0 aliphatic heterocycles. The van der Waals surface area contributed by atoms with E-state index in [1.807, 2.05) is 0 Å². The van der Waals surface area contributed by atoms with E-state index in [-0.39, 0.29) is 53.0 Å². The molecule has 0 spiro atoms. The minimum atomic E-state index is -0.480. The minimum absolute atomic E-state index is 0.0824. The Kier molecular flexibility index (Phi) is 7.74. The Bertz CT molecular complexity index is 915. The number of carbonyl (C=O) groups is 2. The lowest BCUT2D eigenvalue weighted by atomic mass is 9.93. The number of rotatable bonds is 10. The smallest absolute Gasteiger partial charge is 0.170 e. The monoisotopic (exact) mass is 432 g/mol. The number of phenolic OH excluding ortho intramolecular Hbond substituents is 4. The molecule has 0 amide bonds. The van der Waals surface area contributed by atoms with Gasteiger partial charge in [0.25, 0.3) is 0 Å². The lowest BCUT2D eigenvalue weighted by molar-refractivity contribution is 0.0967. The van der Waals surface area contributed by atoms with Gasteiger partial charge in [0, 0.05) is 42.5 Å².